The van der Waals surface area contributed by atoms with Gasteiger partial charge in [0.15, 0.2) is 6.10 Å². The summed E-state index contributed by atoms with van der Waals surface area (Å²) < 4.78 is 17.1. The van der Waals surface area contributed by atoms with Crippen molar-refractivity contribution in [1.29, 1.82) is 0 Å². The van der Waals surface area contributed by atoms with Crippen molar-refractivity contribution >= 4 is 17.9 Å². The van der Waals surface area contributed by atoms with E-state index in [1.807, 2.05) is 72.9 Å². The third kappa shape index (κ3) is 39.2. The van der Waals surface area contributed by atoms with Crippen LogP contribution in [0.1, 0.15) is 136 Å². The van der Waals surface area contributed by atoms with Gasteiger partial charge in [-0.1, -0.05) is 174 Å². The fourth-order valence-electron chi connectivity index (χ4n) is 5.77. The van der Waals surface area contributed by atoms with E-state index < -0.39 is 18.1 Å². The van der Waals surface area contributed by atoms with Crippen molar-refractivity contribution in [2.75, 3.05) is 41.0 Å². The van der Waals surface area contributed by atoms with Gasteiger partial charge in [0.2, 0.25) is 0 Å². The van der Waals surface area contributed by atoms with Crippen LogP contribution >= 0.6 is 0 Å². The molecule has 60 heavy (non-hydrogen) atoms. The number of esters is 2. The summed E-state index contributed by atoms with van der Waals surface area (Å²) in [4.78, 5) is 36.9. The van der Waals surface area contributed by atoms with Crippen molar-refractivity contribution in [3.05, 3.63) is 122 Å². The minimum Gasteiger partial charge on any atom is -0.544 e. The number of ether oxygens (including phenoxy) is 3. The van der Waals surface area contributed by atoms with Crippen molar-refractivity contribution < 1.29 is 38.2 Å². The first-order valence-electron chi connectivity index (χ1n) is 22.7. The molecular weight excluding hydrogens is 751 g/mol. The fraction of sp³-hybridized carbons (Fsp3) is 0.558. The topological polar surface area (TPSA) is 102 Å². The number of carboxylic acids is 1. The molecule has 0 aliphatic carbocycles. The number of hydrogen-bond donors (Lipinski definition) is 0. The van der Waals surface area contributed by atoms with Crippen LogP contribution < -0.4 is 5.11 Å². The number of carbonyl (C=O) groups is 3. The molecule has 0 aliphatic rings. The molecule has 0 saturated heterocycles. The summed E-state index contributed by atoms with van der Waals surface area (Å²) in [5.41, 5.74) is 0. The predicted octanol–water partition coefficient (Wildman–Crippen LogP) is 11.3. The lowest BCUT2D eigenvalue weighted by molar-refractivity contribution is -0.889. The lowest BCUT2D eigenvalue weighted by Crippen LogP contribution is -2.55. The van der Waals surface area contributed by atoms with Gasteiger partial charge in [0, 0.05) is 19.3 Å². The van der Waals surface area contributed by atoms with Crippen molar-refractivity contribution in [2.24, 2.45) is 0 Å². The average Bonchev–Trinajstić information content (AvgIpc) is 3.21. The van der Waals surface area contributed by atoms with Gasteiger partial charge in [-0.05, 0) is 64.2 Å². The normalized spacial score (nSPS) is 14.1. The summed E-state index contributed by atoms with van der Waals surface area (Å²) in [7, 11) is 5.36. The minimum atomic E-state index is -1.15. The first-order chi connectivity index (χ1) is 29.1. The number of nitrogens with zero attached hydrogens (tertiary/aromatic N) is 1. The molecule has 0 aromatic rings. The molecule has 0 bridgehead atoms. The number of carbonyl (C=O) groups excluding carboxylic acids is 3. The van der Waals surface area contributed by atoms with Crippen LogP contribution in [0.4, 0.5) is 0 Å². The SMILES string of the molecule is CC/C=C/C=C/C=C/C=C/C=C/C=C/C=C/CCCCCC(=O)OCC(COCCC(C(=O)[O-])[N+](C)(C)C)OC(=O)CCC/C=C/C/C=C/C/C=C/CCCCCCCC. The number of aliphatic carboxylic acids is 1. The monoisotopic (exact) mass is 832 g/mol. The highest BCUT2D eigenvalue weighted by atomic mass is 16.6. The molecule has 0 radical (unpaired) electrons. The van der Waals surface area contributed by atoms with E-state index in [2.05, 4.69) is 62.5 Å². The van der Waals surface area contributed by atoms with Crippen molar-refractivity contribution in [3.63, 3.8) is 0 Å². The van der Waals surface area contributed by atoms with Crippen LogP contribution in [0, 0.1) is 0 Å². The lowest BCUT2D eigenvalue weighted by atomic mass is 10.1. The van der Waals surface area contributed by atoms with Crippen LogP contribution in [0.15, 0.2) is 122 Å². The number of hydrogen-bond acceptors (Lipinski definition) is 7. The van der Waals surface area contributed by atoms with E-state index in [-0.39, 0.29) is 55.5 Å². The van der Waals surface area contributed by atoms with Gasteiger partial charge in [0.05, 0.1) is 40.3 Å². The number of allylic oxidation sites excluding steroid dienone is 20. The van der Waals surface area contributed by atoms with Crippen LogP contribution in [0.3, 0.4) is 0 Å². The molecule has 0 aromatic carbocycles. The van der Waals surface area contributed by atoms with Gasteiger partial charge in [0.1, 0.15) is 12.6 Å². The average molecular weight is 832 g/mol. The summed E-state index contributed by atoms with van der Waals surface area (Å²) in [5.74, 6) is -1.88. The van der Waals surface area contributed by atoms with E-state index in [4.69, 9.17) is 14.2 Å². The molecule has 0 amide bonds. The predicted molar refractivity (Wildman–Crippen MR) is 249 cm³/mol. The Hall–Kier alpha value is -4.27. The van der Waals surface area contributed by atoms with Crippen LogP contribution in [0.2, 0.25) is 0 Å². The number of likely N-dealkylation sites (N-methyl/N-ethyl adjacent to an activating group) is 1. The standard InChI is InChI=1S/C52H81NO7/c1-6-8-10-12-14-16-18-20-22-24-25-27-28-30-32-34-36-38-40-42-50(54)59-47-48(46-58-45-44-49(52(56)57)53(3,4)5)60-51(55)43-41-39-37-35-33-31-29-26-23-21-19-17-15-13-11-9-7-2/h8,10,12,14,16,18,20-25,27-32,35,37,48-49H,6-7,9,11,13,15,17,19,26,33-34,36,38-47H2,1-5H3/b10-8+,14-12+,18-16+,22-20+,23-21+,25-24+,28-27+,31-29+,32-30+,37-35+. The second kappa shape index (κ2) is 41.5. The van der Waals surface area contributed by atoms with E-state index >= 15 is 0 Å². The fourth-order valence-corrected chi connectivity index (χ4v) is 5.77. The van der Waals surface area contributed by atoms with Crippen LogP contribution in [0.5, 0.6) is 0 Å². The van der Waals surface area contributed by atoms with Gasteiger partial charge in [-0.2, -0.15) is 0 Å². The maximum Gasteiger partial charge on any atom is 0.306 e. The van der Waals surface area contributed by atoms with Gasteiger partial charge in [-0.15, -0.1) is 0 Å². The Labute approximate surface area is 365 Å². The highest BCUT2D eigenvalue weighted by Crippen LogP contribution is 2.11. The van der Waals surface area contributed by atoms with Gasteiger partial charge < -0.3 is 28.6 Å². The molecule has 2 unspecified atom stereocenters. The Bertz CT molecular complexity index is 1390. The van der Waals surface area contributed by atoms with E-state index in [1.165, 1.54) is 38.5 Å². The van der Waals surface area contributed by atoms with Gasteiger partial charge >= 0.3 is 11.9 Å². The first-order valence-corrected chi connectivity index (χ1v) is 22.7. The minimum absolute atomic E-state index is 0.00371. The van der Waals surface area contributed by atoms with Gasteiger partial charge in [0.25, 0.3) is 0 Å². The molecule has 0 heterocycles. The summed E-state index contributed by atoms with van der Waals surface area (Å²) in [6.07, 6.45) is 58.0. The van der Waals surface area contributed by atoms with Crippen LogP contribution in [-0.4, -0.2) is 75.5 Å². The zero-order valence-electron chi connectivity index (χ0n) is 38.1. The van der Waals surface area contributed by atoms with Crippen molar-refractivity contribution in [2.45, 2.75) is 148 Å². The Morgan fingerprint density at radius 3 is 1.58 bits per heavy atom. The largest absolute Gasteiger partial charge is 0.544 e. The molecule has 0 aliphatic heterocycles. The number of carboxylic acid groups (broad SMARTS) is 1. The van der Waals surface area contributed by atoms with Gasteiger partial charge in [-0.25, -0.2) is 0 Å². The highest BCUT2D eigenvalue weighted by Gasteiger charge is 2.25. The van der Waals surface area contributed by atoms with E-state index in [0.717, 1.165) is 51.4 Å². The Morgan fingerprint density at radius 2 is 1.02 bits per heavy atom. The van der Waals surface area contributed by atoms with Crippen LogP contribution in [0.25, 0.3) is 0 Å². The van der Waals surface area contributed by atoms with E-state index in [0.29, 0.717) is 12.8 Å². The Kier molecular flexibility index (Phi) is 38.5. The van der Waals surface area contributed by atoms with Crippen LogP contribution in [-0.2, 0) is 28.6 Å². The summed E-state index contributed by atoms with van der Waals surface area (Å²) >= 11 is 0. The number of rotatable bonds is 38. The third-order valence-electron chi connectivity index (χ3n) is 9.28. The molecule has 0 fully saturated rings. The lowest BCUT2D eigenvalue weighted by Gasteiger charge is -2.34. The quantitative estimate of drug-likeness (QED) is 0.0201. The van der Waals surface area contributed by atoms with Crippen molar-refractivity contribution in [1.82, 2.24) is 0 Å². The summed E-state index contributed by atoms with van der Waals surface area (Å²) in [6, 6.07) is -0.750. The second-order valence-electron chi connectivity index (χ2n) is 15.7. The molecule has 0 N–H and O–H groups in total. The molecular formula is C52H81NO7. The Morgan fingerprint density at radius 1 is 0.533 bits per heavy atom. The van der Waals surface area contributed by atoms with Gasteiger partial charge in [-0.3, -0.25) is 9.59 Å². The third-order valence-corrected chi connectivity index (χ3v) is 9.28. The molecule has 0 aromatic heterocycles. The molecule has 8 nitrogen and oxygen atoms in total. The zero-order valence-corrected chi connectivity index (χ0v) is 38.1. The zero-order chi connectivity index (χ0) is 44.2. The smallest absolute Gasteiger partial charge is 0.306 e. The first kappa shape index (κ1) is 55.7. The molecule has 0 spiro atoms. The maximum absolute atomic E-state index is 12.7. The number of unbranched alkanes of at least 4 members (excludes halogenated alkanes) is 10. The van der Waals surface area contributed by atoms with E-state index in [9.17, 15) is 19.5 Å². The highest BCUT2D eigenvalue weighted by molar-refractivity contribution is 5.70. The second-order valence-corrected chi connectivity index (χ2v) is 15.7. The van der Waals surface area contributed by atoms with E-state index in [1.54, 1.807) is 21.1 Å². The molecule has 0 rings (SSSR count). The maximum atomic E-state index is 12.7. The number of quaternary nitrogens is 1. The Balaban J connectivity index is 4.56. The molecule has 8 heteroatoms. The summed E-state index contributed by atoms with van der Waals surface area (Å²) in [5, 5.41) is 11.6. The molecule has 336 valence electrons. The van der Waals surface area contributed by atoms with Crippen molar-refractivity contribution in [3.8, 4) is 0 Å². The molecule has 0 saturated carbocycles. The summed E-state index contributed by atoms with van der Waals surface area (Å²) in [6.45, 7) is 4.37. The molecule has 2 atom stereocenters.